The fourth-order valence-corrected chi connectivity index (χ4v) is 1.94. The summed E-state index contributed by atoms with van der Waals surface area (Å²) in [6, 6.07) is 5.79. The first kappa shape index (κ1) is 15.4. The Morgan fingerprint density at radius 2 is 2.05 bits per heavy atom. The molecule has 0 saturated heterocycles. The molecule has 1 aromatic carbocycles. The van der Waals surface area contributed by atoms with Gasteiger partial charge < -0.3 is 11.1 Å². The van der Waals surface area contributed by atoms with E-state index in [4.69, 9.17) is 5.73 Å². The molecule has 2 aromatic rings. The van der Waals surface area contributed by atoms with Crippen LogP contribution >= 0.6 is 0 Å². The van der Waals surface area contributed by atoms with E-state index in [0.717, 1.165) is 6.20 Å². The van der Waals surface area contributed by atoms with Crippen molar-refractivity contribution >= 4 is 17.4 Å². The number of halogens is 1. The minimum atomic E-state index is -0.922. The minimum absolute atomic E-state index is 0.122. The number of carbonyl (C=O) groups is 1. The lowest BCUT2D eigenvalue weighted by atomic mass is 10.1. The summed E-state index contributed by atoms with van der Waals surface area (Å²) in [7, 11) is 0. The van der Waals surface area contributed by atoms with Gasteiger partial charge >= 0.3 is 0 Å². The van der Waals surface area contributed by atoms with Crippen LogP contribution in [-0.2, 0) is 4.79 Å². The summed E-state index contributed by atoms with van der Waals surface area (Å²) in [5, 5.41) is 13.5. The molecule has 7 nitrogen and oxygen atoms in total. The van der Waals surface area contributed by atoms with Crippen molar-refractivity contribution in [2.45, 2.75) is 13.0 Å². The maximum absolute atomic E-state index is 12.9. The number of hydrogen-bond donors (Lipinski definition) is 2. The Balaban J connectivity index is 2.29. The fraction of sp³-hybridized carbons (Fsp3) is 0.143. The number of anilines is 1. The van der Waals surface area contributed by atoms with Crippen molar-refractivity contribution in [1.29, 1.82) is 0 Å². The number of amides is 1. The van der Waals surface area contributed by atoms with Crippen molar-refractivity contribution < 1.29 is 14.1 Å². The zero-order chi connectivity index (χ0) is 16.3. The Hall–Kier alpha value is -3.03. The third-order valence-corrected chi connectivity index (χ3v) is 3.06. The number of aromatic nitrogens is 1. The molecule has 22 heavy (non-hydrogen) atoms. The molecule has 0 saturated carbocycles. The quantitative estimate of drug-likeness (QED) is 0.649. The van der Waals surface area contributed by atoms with Gasteiger partial charge in [0, 0.05) is 5.56 Å². The van der Waals surface area contributed by atoms with Crippen LogP contribution in [-0.4, -0.2) is 15.8 Å². The average molecular weight is 304 g/mol. The van der Waals surface area contributed by atoms with Gasteiger partial charge in [-0.05, 0) is 30.7 Å². The molecule has 0 aliphatic rings. The highest BCUT2D eigenvalue weighted by molar-refractivity contribution is 5.84. The van der Waals surface area contributed by atoms with E-state index in [1.807, 2.05) is 0 Å². The van der Waals surface area contributed by atoms with Gasteiger partial charge in [0.15, 0.2) is 0 Å². The molecule has 0 aliphatic carbocycles. The molecule has 1 amide bonds. The monoisotopic (exact) mass is 304 g/mol. The lowest BCUT2D eigenvalue weighted by Crippen LogP contribution is -2.28. The molecule has 0 bridgehead atoms. The van der Waals surface area contributed by atoms with Crippen LogP contribution < -0.4 is 11.1 Å². The molecule has 1 aromatic heterocycles. The molecule has 0 spiro atoms. The highest BCUT2D eigenvalue weighted by atomic mass is 19.1. The second kappa shape index (κ2) is 6.17. The SMILES string of the molecule is Cc1cc(NC(C(N)=O)c2ccc(F)cc2)ncc1[N+](=O)[O-]. The highest BCUT2D eigenvalue weighted by Crippen LogP contribution is 2.23. The first-order valence-corrected chi connectivity index (χ1v) is 6.31. The molecule has 8 heteroatoms. The number of benzene rings is 1. The molecule has 3 N–H and O–H groups in total. The van der Waals surface area contributed by atoms with Gasteiger partial charge in [-0.2, -0.15) is 0 Å². The second-order valence-corrected chi connectivity index (χ2v) is 4.64. The van der Waals surface area contributed by atoms with Crippen molar-refractivity contribution in [3.63, 3.8) is 0 Å². The number of nitrogens with zero attached hydrogens (tertiary/aromatic N) is 2. The van der Waals surface area contributed by atoms with Gasteiger partial charge in [-0.15, -0.1) is 0 Å². The summed E-state index contributed by atoms with van der Waals surface area (Å²) in [6.45, 7) is 1.56. The summed E-state index contributed by atoms with van der Waals surface area (Å²) >= 11 is 0. The summed E-state index contributed by atoms with van der Waals surface area (Å²) in [4.78, 5) is 25.7. The predicted octanol–water partition coefficient (Wildman–Crippen LogP) is 2.08. The standard InChI is InChI=1S/C14H13FN4O3/c1-8-6-12(17-7-11(8)19(21)22)18-13(14(16)20)9-2-4-10(15)5-3-9/h2-7,13H,1H3,(H2,16,20)(H,17,18). The zero-order valence-corrected chi connectivity index (χ0v) is 11.6. The van der Waals surface area contributed by atoms with Gasteiger partial charge in [0.25, 0.3) is 5.69 Å². The average Bonchev–Trinajstić information content (AvgIpc) is 2.45. The summed E-state index contributed by atoms with van der Waals surface area (Å²) < 4.78 is 12.9. The van der Waals surface area contributed by atoms with E-state index in [0.29, 0.717) is 11.1 Å². The van der Waals surface area contributed by atoms with Crippen molar-refractivity contribution in [1.82, 2.24) is 4.98 Å². The van der Waals surface area contributed by atoms with Gasteiger partial charge in [0.05, 0.1) is 4.92 Å². The number of carbonyl (C=O) groups excluding carboxylic acids is 1. The van der Waals surface area contributed by atoms with Crippen LogP contribution in [0.25, 0.3) is 0 Å². The van der Waals surface area contributed by atoms with E-state index in [-0.39, 0.29) is 11.5 Å². The van der Waals surface area contributed by atoms with Crippen molar-refractivity contribution in [3.05, 3.63) is 63.6 Å². The maximum Gasteiger partial charge on any atom is 0.290 e. The number of rotatable bonds is 5. The fourth-order valence-electron chi connectivity index (χ4n) is 1.94. The second-order valence-electron chi connectivity index (χ2n) is 4.64. The summed E-state index contributed by atoms with van der Waals surface area (Å²) in [5.74, 6) is -0.850. The van der Waals surface area contributed by atoms with E-state index >= 15 is 0 Å². The van der Waals surface area contributed by atoms with Crippen LogP contribution in [0.1, 0.15) is 17.2 Å². The van der Waals surface area contributed by atoms with Crippen molar-refractivity contribution in [2.24, 2.45) is 5.73 Å². The number of hydrogen-bond acceptors (Lipinski definition) is 5. The van der Waals surface area contributed by atoms with Crippen LogP contribution in [0, 0.1) is 22.9 Å². The third-order valence-electron chi connectivity index (χ3n) is 3.06. The van der Waals surface area contributed by atoms with E-state index in [1.165, 1.54) is 30.3 Å². The van der Waals surface area contributed by atoms with Crippen LogP contribution in [0.4, 0.5) is 15.9 Å². The Morgan fingerprint density at radius 3 is 2.55 bits per heavy atom. The van der Waals surface area contributed by atoms with E-state index in [9.17, 15) is 19.3 Å². The number of nitro groups is 1. The molecule has 0 fully saturated rings. The Morgan fingerprint density at radius 1 is 1.41 bits per heavy atom. The van der Waals surface area contributed by atoms with E-state index in [1.54, 1.807) is 6.92 Å². The number of primary amides is 1. The summed E-state index contributed by atoms with van der Waals surface area (Å²) in [6.07, 6.45) is 1.10. The minimum Gasteiger partial charge on any atom is -0.368 e. The van der Waals surface area contributed by atoms with Gasteiger partial charge in [0.2, 0.25) is 5.91 Å². The molecule has 1 unspecified atom stereocenters. The number of nitrogens with two attached hydrogens (primary N) is 1. The molecule has 1 heterocycles. The van der Waals surface area contributed by atoms with Gasteiger partial charge in [0.1, 0.15) is 23.9 Å². The normalized spacial score (nSPS) is 11.7. The van der Waals surface area contributed by atoms with Crippen molar-refractivity contribution in [2.75, 3.05) is 5.32 Å². The first-order valence-electron chi connectivity index (χ1n) is 6.31. The number of nitrogens with one attached hydrogen (secondary N) is 1. The zero-order valence-electron chi connectivity index (χ0n) is 11.6. The van der Waals surface area contributed by atoms with Gasteiger partial charge in [-0.1, -0.05) is 12.1 Å². The largest absolute Gasteiger partial charge is 0.368 e. The predicted molar refractivity (Wildman–Crippen MR) is 77.6 cm³/mol. The summed E-state index contributed by atoms with van der Waals surface area (Å²) in [5.41, 5.74) is 6.08. The molecular weight excluding hydrogens is 291 g/mol. The number of pyridine rings is 1. The van der Waals surface area contributed by atoms with Gasteiger partial charge in [-0.3, -0.25) is 14.9 Å². The molecular formula is C14H13FN4O3. The van der Waals surface area contributed by atoms with Crippen LogP contribution in [0.3, 0.4) is 0 Å². The topological polar surface area (TPSA) is 111 Å². The first-order chi connectivity index (χ1) is 10.4. The van der Waals surface area contributed by atoms with Crippen LogP contribution in [0.2, 0.25) is 0 Å². The van der Waals surface area contributed by atoms with Gasteiger partial charge in [-0.25, -0.2) is 9.37 Å². The highest BCUT2D eigenvalue weighted by Gasteiger charge is 2.19. The molecule has 114 valence electrons. The van der Waals surface area contributed by atoms with Crippen LogP contribution in [0.5, 0.6) is 0 Å². The Labute approximate surface area is 125 Å². The smallest absolute Gasteiger partial charge is 0.290 e. The van der Waals surface area contributed by atoms with E-state index in [2.05, 4.69) is 10.3 Å². The third kappa shape index (κ3) is 3.35. The lowest BCUT2D eigenvalue weighted by Gasteiger charge is -2.16. The number of aryl methyl sites for hydroxylation is 1. The maximum atomic E-state index is 12.9. The van der Waals surface area contributed by atoms with Crippen molar-refractivity contribution in [3.8, 4) is 0 Å². The molecule has 0 radical (unpaired) electrons. The molecule has 2 rings (SSSR count). The lowest BCUT2D eigenvalue weighted by molar-refractivity contribution is -0.385. The molecule has 1 atom stereocenters. The van der Waals surface area contributed by atoms with E-state index < -0.39 is 22.7 Å². The van der Waals surface area contributed by atoms with Crippen LogP contribution in [0.15, 0.2) is 36.5 Å². The molecule has 0 aliphatic heterocycles. The Kier molecular flexibility index (Phi) is 4.31. The Bertz CT molecular complexity index is 719.